The Kier molecular flexibility index (Phi) is 5.24. The lowest BCUT2D eigenvalue weighted by Gasteiger charge is -2.33. The number of fused-ring (bicyclic) bond motifs is 1. The third-order valence-electron chi connectivity index (χ3n) is 4.11. The minimum absolute atomic E-state index is 0.0488. The van der Waals surface area contributed by atoms with E-state index < -0.39 is 12.0 Å². The smallest absolute Gasteiger partial charge is 0.338 e. The fourth-order valence-electron chi connectivity index (χ4n) is 2.91. The summed E-state index contributed by atoms with van der Waals surface area (Å²) in [6.45, 7) is 4.10. The Hall–Kier alpha value is -2.12. The quantitative estimate of drug-likeness (QED) is 0.596. The van der Waals surface area contributed by atoms with Crippen molar-refractivity contribution >= 4 is 28.8 Å². The molecular weight excluding hydrogens is 340 g/mol. The maximum absolute atomic E-state index is 12.7. The molecule has 0 radical (unpaired) electrons. The average molecular weight is 360 g/mol. The highest BCUT2D eigenvalue weighted by molar-refractivity contribution is 8.15. The van der Waals surface area contributed by atoms with Crippen LogP contribution in [0.1, 0.15) is 25.5 Å². The summed E-state index contributed by atoms with van der Waals surface area (Å²) in [5, 5.41) is 0.416. The lowest BCUT2D eigenvalue weighted by Crippen LogP contribution is -2.40. The van der Waals surface area contributed by atoms with Gasteiger partial charge in [-0.2, -0.15) is 0 Å². The summed E-state index contributed by atoms with van der Waals surface area (Å²) in [4.78, 5) is 31.5. The molecule has 0 N–H and O–H groups in total. The van der Waals surface area contributed by atoms with Gasteiger partial charge in [-0.1, -0.05) is 42.1 Å². The summed E-state index contributed by atoms with van der Waals surface area (Å²) in [7, 11) is 1.55. The molecule has 1 aromatic rings. The summed E-state index contributed by atoms with van der Waals surface area (Å²) >= 11 is 1.42. The number of amides is 1. The Balaban J connectivity index is 2.02. The first-order chi connectivity index (χ1) is 12.0. The summed E-state index contributed by atoms with van der Waals surface area (Å²) < 4.78 is 10.2. The van der Waals surface area contributed by atoms with Crippen molar-refractivity contribution in [2.75, 3.05) is 20.3 Å². The van der Waals surface area contributed by atoms with Gasteiger partial charge in [0.05, 0.1) is 29.2 Å². The van der Waals surface area contributed by atoms with E-state index in [0.29, 0.717) is 23.0 Å². The molecule has 1 amide bonds. The molecule has 0 spiro atoms. The van der Waals surface area contributed by atoms with Crippen LogP contribution in [0, 0.1) is 0 Å². The average Bonchev–Trinajstić information content (AvgIpc) is 2.88. The van der Waals surface area contributed by atoms with Crippen LogP contribution in [0.25, 0.3) is 0 Å². The van der Waals surface area contributed by atoms with Crippen molar-refractivity contribution in [2.45, 2.75) is 25.1 Å². The minimum Gasteiger partial charge on any atom is -0.460 e. The highest BCUT2D eigenvalue weighted by atomic mass is 32.2. The van der Waals surface area contributed by atoms with Gasteiger partial charge in [0.15, 0.2) is 5.17 Å². The van der Waals surface area contributed by atoms with Crippen molar-refractivity contribution in [3.8, 4) is 0 Å². The minimum atomic E-state index is -0.520. The monoisotopic (exact) mass is 360 g/mol. The molecule has 2 aliphatic rings. The van der Waals surface area contributed by atoms with Crippen molar-refractivity contribution in [3.05, 3.63) is 47.2 Å². The van der Waals surface area contributed by atoms with E-state index >= 15 is 0 Å². The molecule has 2 atom stereocenters. The molecule has 0 aliphatic carbocycles. The molecule has 7 heteroatoms. The van der Waals surface area contributed by atoms with E-state index in [1.54, 1.807) is 18.9 Å². The van der Waals surface area contributed by atoms with Crippen molar-refractivity contribution in [3.63, 3.8) is 0 Å². The Morgan fingerprint density at radius 1 is 1.28 bits per heavy atom. The zero-order chi connectivity index (χ0) is 18.0. The molecular formula is C18H20N2O4S. The van der Waals surface area contributed by atoms with Gasteiger partial charge >= 0.3 is 5.97 Å². The van der Waals surface area contributed by atoms with Crippen LogP contribution in [0.5, 0.6) is 0 Å². The molecule has 0 bridgehead atoms. The molecule has 132 valence electrons. The first kappa shape index (κ1) is 17.7. The van der Waals surface area contributed by atoms with Crippen molar-refractivity contribution in [1.29, 1.82) is 0 Å². The fraction of sp³-hybridized carbons (Fsp3) is 0.389. The zero-order valence-corrected chi connectivity index (χ0v) is 15.2. The standard InChI is InChI=1S/C18H20N2O4S/c1-11-14(17(22)24-10-9-23-3)15(13-7-5-4-6-8-13)20-16(21)12(2)25-18(20)19-11/h4-8,12,15H,9-10H2,1-3H3/t12-,15-/m0/s1. The predicted octanol–water partition coefficient (Wildman–Crippen LogP) is 2.52. The van der Waals surface area contributed by atoms with Crippen LogP contribution in [0.15, 0.2) is 46.6 Å². The van der Waals surface area contributed by atoms with Crippen molar-refractivity contribution < 1.29 is 19.1 Å². The number of rotatable bonds is 5. The Morgan fingerprint density at radius 2 is 2.00 bits per heavy atom. The first-order valence-electron chi connectivity index (χ1n) is 8.04. The number of carbonyl (C=O) groups is 2. The van der Waals surface area contributed by atoms with Gasteiger partial charge in [0, 0.05) is 7.11 Å². The van der Waals surface area contributed by atoms with Crippen LogP contribution in [-0.2, 0) is 19.1 Å². The molecule has 1 fully saturated rings. The molecule has 0 aromatic heterocycles. The molecule has 0 saturated carbocycles. The third-order valence-corrected chi connectivity index (χ3v) is 5.17. The molecule has 2 heterocycles. The van der Waals surface area contributed by atoms with Crippen molar-refractivity contribution in [2.24, 2.45) is 4.99 Å². The lowest BCUT2D eigenvalue weighted by atomic mass is 9.94. The third kappa shape index (κ3) is 3.34. The second-order valence-electron chi connectivity index (χ2n) is 5.80. The SMILES string of the molecule is COCCOC(=O)C1=C(C)N=C2S[C@@H](C)C(=O)N2[C@H]1c1ccccc1. The highest BCUT2D eigenvalue weighted by Gasteiger charge is 2.46. The molecule has 1 aromatic carbocycles. The number of methoxy groups -OCH3 is 1. The topological polar surface area (TPSA) is 68.2 Å². The molecule has 0 unspecified atom stereocenters. The molecule has 2 aliphatic heterocycles. The number of ether oxygens (including phenoxy) is 2. The number of aliphatic imine (C=N–C) groups is 1. The van der Waals surface area contributed by atoms with Crippen LogP contribution in [0.3, 0.4) is 0 Å². The van der Waals surface area contributed by atoms with E-state index in [1.807, 2.05) is 37.3 Å². The molecule has 3 rings (SSSR count). The first-order valence-corrected chi connectivity index (χ1v) is 8.92. The van der Waals surface area contributed by atoms with Gasteiger partial charge in [-0.3, -0.25) is 9.69 Å². The maximum Gasteiger partial charge on any atom is 0.338 e. The van der Waals surface area contributed by atoms with Gasteiger partial charge in [-0.05, 0) is 19.4 Å². The second-order valence-corrected chi connectivity index (χ2v) is 7.11. The maximum atomic E-state index is 12.7. The summed E-state index contributed by atoms with van der Waals surface area (Å²) in [5.41, 5.74) is 1.84. The fourth-order valence-corrected chi connectivity index (χ4v) is 3.94. The van der Waals surface area contributed by atoms with Crippen LogP contribution in [0.4, 0.5) is 0 Å². The largest absolute Gasteiger partial charge is 0.460 e. The number of thioether (sulfide) groups is 1. The van der Waals surface area contributed by atoms with Crippen LogP contribution < -0.4 is 0 Å². The summed E-state index contributed by atoms with van der Waals surface area (Å²) in [5.74, 6) is -0.518. The highest BCUT2D eigenvalue weighted by Crippen LogP contribution is 2.43. The Morgan fingerprint density at radius 3 is 2.68 bits per heavy atom. The number of hydrogen-bond acceptors (Lipinski definition) is 6. The van der Waals surface area contributed by atoms with Crippen molar-refractivity contribution in [1.82, 2.24) is 4.90 Å². The van der Waals surface area contributed by atoms with Gasteiger partial charge in [-0.25, -0.2) is 9.79 Å². The van der Waals surface area contributed by atoms with Gasteiger partial charge < -0.3 is 9.47 Å². The number of allylic oxidation sites excluding steroid dienone is 1. The molecule has 25 heavy (non-hydrogen) atoms. The number of esters is 1. The summed E-state index contributed by atoms with van der Waals surface area (Å²) in [6.07, 6.45) is 0. The van der Waals surface area contributed by atoms with Crippen LogP contribution in [-0.4, -0.2) is 47.5 Å². The number of benzene rings is 1. The second kappa shape index (κ2) is 7.41. The van der Waals surface area contributed by atoms with Gasteiger partial charge in [0.1, 0.15) is 6.61 Å². The Bertz CT molecular complexity index is 745. The summed E-state index contributed by atoms with van der Waals surface area (Å²) in [6, 6.07) is 8.97. The predicted molar refractivity (Wildman–Crippen MR) is 96.1 cm³/mol. The van der Waals surface area contributed by atoms with Gasteiger partial charge in [0.25, 0.3) is 0 Å². The van der Waals surface area contributed by atoms with E-state index in [2.05, 4.69) is 4.99 Å². The van der Waals surface area contributed by atoms with Gasteiger partial charge in [-0.15, -0.1) is 0 Å². The van der Waals surface area contributed by atoms with Gasteiger partial charge in [0.2, 0.25) is 5.91 Å². The van der Waals surface area contributed by atoms with E-state index in [-0.39, 0.29) is 17.8 Å². The normalized spacial score (nSPS) is 22.8. The van der Waals surface area contributed by atoms with E-state index in [4.69, 9.17) is 9.47 Å². The lowest BCUT2D eigenvalue weighted by molar-refractivity contribution is -0.141. The molecule has 6 nitrogen and oxygen atoms in total. The zero-order valence-electron chi connectivity index (χ0n) is 14.4. The van der Waals surface area contributed by atoms with E-state index in [9.17, 15) is 9.59 Å². The number of amidine groups is 1. The number of hydrogen-bond donors (Lipinski definition) is 0. The van der Waals surface area contributed by atoms with E-state index in [1.165, 1.54) is 11.8 Å². The number of carbonyl (C=O) groups excluding carboxylic acids is 2. The van der Waals surface area contributed by atoms with Crippen LogP contribution in [0.2, 0.25) is 0 Å². The molecule has 1 saturated heterocycles. The van der Waals surface area contributed by atoms with Crippen LogP contribution >= 0.6 is 11.8 Å². The Labute approximate surface area is 150 Å². The van der Waals surface area contributed by atoms with E-state index in [0.717, 1.165) is 5.56 Å². The number of nitrogens with zero attached hydrogens (tertiary/aromatic N) is 2.